The van der Waals surface area contributed by atoms with Gasteiger partial charge in [0, 0.05) is 16.4 Å². The van der Waals surface area contributed by atoms with Crippen molar-refractivity contribution < 1.29 is 23.5 Å². The van der Waals surface area contributed by atoms with Gasteiger partial charge >= 0.3 is 5.97 Å². The number of aromatic carboxylic acids is 1. The molecule has 0 aliphatic heterocycles. The van der Waals surface area contributed by atoms with Gasteiger partial charge in [-0.2, -0.15) is 4.39 Å². The molecule has 0 atom stereocenters. The highest BCUT2D eigenvalue weighted by molar-refractivity contribution is 9.10. The predicted octanol–water partition coefficient (Wildman–Crippen LogP) is 3.07. The minimum Gasteiger partial charge on any atom is -0.478 e. The Bertz CT molecular complexity index is 737. The number of anilines is 1. The van der Waals surface area contributed by atoms with E-state index < -0.39 is 29.2 Å². The number of pyridine rings is 1. The summed E-state index contributed by atoms with van der Waals surface area (Å²) in [5.74, 6) is -4.86. The first-order chi connectivity index (χ1) is 9.88. The fourth-order valence-corrected chi connectivity index (χ4v) is 2.07. The lowest BCUT2D eigenvalue weighted by atomic mass is 10.2. The number of aromatic nitrogens is 1. The molecule has 1 heterocycles. The molecule has 2 N–H and O–H groups in total. The Morgan fingerprint density at radius 1 is 1.24 bits per heavy atom. The number of carboxylic acids is 1. The second-order valence-corrected chi connectivity index (χ2v) is 4.87. The molecule has 0 radical (unpaired) electrons. The molecule has 0 unspecified atom stereocenters. The van der Waals surface area contributed by atoms with Crippen molar-refractivity contribution in [3.05, 3.63) is 57.8 Å². The van der Waals surface area contributed by atoms with Crippen LogP contribution < -0.4 is 5.32 Å². The van der Waals surface area contributed by atoms with Crippen LogP contribution in [-0.2, 0) is 0 Å². The molecule has 0 aliphatic rings. The predicted molar refractivity (Wildman–Crippen MR) is 73.2 cm³/mol. The normalized spacial score (nSPS) is 10.2. The van der Waals surface area contributed by atoms with E-state index in [4.69, 9.17) is 5.11 Å². The minimum atomic E-state index is -1.39. The van der Waals surface area contributed by atoms with E-state index in [1.165, 1.54) is 18.2 Å². The van der Waals surface area contributed by atoms with Gasteiger partial charge in [-0.05, 0) is 24.3 Å². The summed E-state index contributed by atoms with van der Waals surface area (Å²) >= 11 is 3.09. The molecule has 108 valence electrons. The van der Waals surface area contributed by atoms with Gasteiger partial charge < -0.3 is 10.4 Å². The van der Waals surface area contributed by atoms with Crippen molar-refractivity contribution in [3.63, 3.8) is 0 Å². The summed E-state index contributed by atoms with van der Waals surface area (Å²) in [5.41, 5.74) is -0.469. The first-order valence-electron chi connectivity index (χ1n) is 5.53. The Hall–Kier alpha value is -2.35. The summed E-state index contributed by atoms with van der Waals surface area (Å²) in [5, 5.41) is 11.2. The number of carbonyl (C=O) groups is 2. The lowest BCUT2D eigenvalue weighted by Gasteiger charge is -2.08. The number of nitrogens with zero attached hydrogens (tertiary/aromatic N) is 1. The zero-order valence-electron chi connectivity index (χ0n) is 10.2. The van der Waals surface area contributed by atoms with Crippen LogP contribution in [0.15, 0.2) is 34.9 Å². The first-order valence-corrected chi connectivity index (χ1v) is 6.33. The van der Waals surface area contributed by atoms with Crippen molar-refractivity contribution >= 4 is 33.5 Å². The smallest absolute Gasteiger partial charge is 0.335 e. The third kappa shape index (κ3) is 3.40. The van der Waals surface area contributed by atoms with Gasteiger partial charge in [0.05, 0.1) is 11.1 Å². The van der Waals surface area contributed by atoms with Crippen molar-refractivity contribution in [1.82, 2.24) is 4.98 Å². The zero-order chi connectivity index (χ0) is 15.6. The molecule has 2 aromatic rings. The highest BCUT2D eigenvalue weighted by Crippen LogP contribution is 2.21. The zero-order valence-corrected chi connectivity index (χ0v) is 11.8. The average Bonchev–Trinajstić information content (AvgIpc) is 2.41. The molecule has 1 aromatic carbocycles. The fraction of sp³-hybridized carbons (Fsp3) is 0. The van der Waals surface area contributed by atoms with Gasteiger partial charge in [-0.25, -0.2) is 14.2 Å². The molecule has 0 saturated heterocycles. The van der Waals surface area contributed by atoms with Gasteiger partial charge in [-0.1, -0.05) is 15.9 Å². The maximum Gasteiger partial charge on any atom is 0.335 e. The van der Waals surface area contributed by atoms with Crippen LogP contribution in [0.4, 0.5) is 14.5 Å². The van der Waals surface area contributed by atoms with Crippen molar-refractivity contribution in [1.29, 1.82) is 0 Å². The van der Waals surface area contributed by atoms with E-state index in [0.29, 0.717) is 4.47 Å². The van der Waals surface area contributed by atoms with E-state index >= 15 is 0 Å². The molecule has 0 saturated carbocycles. The number of carboxylic acid groups (broad SMARTS) is 1. The maximum atomic E-state index is 13.4. The van der Waals surface area contributed by atoms with E-state index in [2.05, 4.69) is 26.2 Å². The van der Waals surface area contributed by atoms with Crippen LogP contribution in [0.5, 0.6) is 0 Å². The molecule has 1 amide bonds. The molecule has 2 rings (SSSR count). The van der Waals surface area contributed by atoms with Crippen LogP contribution in [0, 0.1) is 11.8 Å². The Kier molecular flexibility index (Phi) is 4.27. The molecular weight excluding hydrogens is 350 g/mol. The van der Waals surface area contributed by atoms with Gasteiger partial charge in [0.25, 0.3) is 5.91 Å². The van der Waals surface area contributed by atoms with Crippen LogP contribution in [0.25, 0.3) is 0 Å². The van der Waals surface area contributed by atoms with E-state index in [1.54, 1.807) is 0 Å². The Morgan fingerprint density at radius 2 is 1.95 bits per heavy atom. The van der Waals surface area contributed by atoms with Crippen LogP contribution in [0.3, 0.4) is 0 Å². The highest BCUT2D eigenvalue weighted by Gasteiger charge is 2.17. The van der Waals surface area contributed by atoms with Crippen LogP contribution >= 0.6 is 15.9 Å². The lowest BCUT2D eigenvalue weighted by molar-refractivity contribution is 0.0696. The maximum absolute atomic E-state index is 13.4. The third-order valence-electron chi connectivity index (χ3n) is 2.49. The molecule has 1 aromatic heterocycles. The number of hydrogen-bond donors (Lipinski definition) is 2. The van der Waals surface area contributed by atoms with E-state index in [9.17, 15) is 18.4 Å². The summed E-state index contributed by atoms with van der Waals surface area (Å²) in [4.78, 5) is 25.9. The van der Waals surface area contributed by atoms with Gasteiger partial charge in [0.2, 0.25) is 5.95 Å². The summed E-state index contributed by atoms with van der Waals surface area (Å²) in [6.45, 7) is 0. The number of hydrogen-bond acceptors (Lipinski definition) is 3. The van der Waals surface area contributed by atoms with Gasteiger partial charge in [0.15, 0.2) is 5.82 Å². The van der Waals surface area contributed by atoms with Crippen LogP contribution in [0.2, 0.25) is 0 Å². The van der Waals surface area contributed by atoms with Gasteiger partial charge in [-0.3, -0.25) is 4.79 Å². The highest BCUT2D eigenvalue weighted by atomic mass is 79.9. The van der Waals surface area contributed by atoms with E-state index in [-0.39, 0.29) is 11.3 Å². The van der Waals surface area contributed by atoms with E-state index in [0.717, 1.165) is 12.3 Å². The second-order valence-electron chi connectivity index (χ2n) is 3.95. The number of rotatable bonds is 3. The van der Waals surface area contributed by atoms with Crippen molar-refractivity contribution in [3.8, 4) is 0 Å². The molecule has 5 nitrogen and oxygen atoms in total. The molecule has 21 heavy (non-hydrogen) atoms. The number of benzene rings is 1. The first kappa shape index (κ1) is 15.0. The second kappa shape index (κ2) is 5.96. The quantitative estimate of drug-likeness (QED) is 0.828. The molecule has 8 heteroatoms. The summed E-state index contributed by atoms with van der Waals surface area (Å²) in [6, 6.07) is 4.98. The number of halogens is 3. The van der Waals surface area contributed by atoms with Gasteiger partial charge in [0.1, 0.15) is 0 Å². The number of carbonyl (C=O) groups excluding carboxylic acids is 1. The molecule has 0 spiro atoms. The molecule has 0 fully saturated rings. The molecule has 0 bridgehead atoms. The molecular formula is C13H7BrF2N2O3. The lowest BCUT2D eigenvalue weighted by Crippen LogP contribution is -2.15. The van der Waals surface area contributed by atoms with Crippen molar-refractivity contribution in [2.45, 2.75) is 0 Å². The van der Waals surface area contributed by atoms with E-state index in [1.807, 2.05) is 0 Å². The van der Waals surface area contributed by atoms with Crippen molar-refractivity contribution in [2.75, 3.05) is 5.32 Å². The van der Waals surface area contributed by atoms with Crippen molar-refractivity contribution in [2.24, 2.45) is 0 Å². The van der Waals surface area contributed by atoms with Crippen LogP contribution in [-0.4, -0.2) is 22.0 Å². The Morgan fingerprint density at radius 3 is 2.62 bits per heavy atom. The Balaban J connectivity index is 2.31. The monoisotopic (exact) mass is 356 g/mol. The largest absolute Gasteiger partial charge is 0.478 e. The summed E-state index contributed by atoms with van der Waals surface area (Å²) in [7, 11) is 0. The van der Waals surface area contributed by atoms with Gasteiger partial charge in [-0.15, -0.1) is 0 Å². The standard InChI is InChI=1S/C13H7BrF2N2O3/c14-7-3-6(13(20)21)4-8(5-7)18-12(19)9-1-2-17-11(16)10(9)15/h1-5H,(H,18,19)(H,20,21). The third-order valence-corrected chi connectivity index (χ3v) is 2.95. The minimum absolute atomic E-state index is 0.0685. The average molecular weight is 357 g/mol. The number of amides is 1. The number of nitrogens with one attached hydrogen (secondary N) is 1. The summed E-state index contributed by atoms with van der Waals surface area (Å²) < 4.78 is 26.8. The summed E-state index contributed by atoms with van der Waals surface area (Å²) in [6.07, 6.45) is 0.955. The molecule has 0 aliphatic carbocycles. The van der Waals surface area contributed by atoms with Crippen LogP contribution in [0.1, 0.15) is 20.7 Å². The SMILES string of the molecule is O=C(O)c1cc(Br)cc(NC(=O)c2ccnc(F)c2F)c1. The Labute approximate surface area is 125 Å². The topological polar surface area (TPSA) is 79.3 Å². The fourth-order valence-electron chi connectivity index (χ4n) is 1.58.